The lowest BCUT2D eigenvalue weighted by molar-refractivity contribution is -0.407. The Morgan fingerprint density at radius 1 is 1.48 bits per heavy atom. The maximum absolute atomic E-state index is 12.4. The number of dihydropyridines is 1. The molecule has 3 heterocycles. The molecule has 3 aliphatic rings. The van der Waals surface area contributed by atoms with Crippen LogP contribution in [0.2, 0.25) is 0 Å². The monoisotopic (exact) mass is 377 g/mol. The van der Waals surface area contributed by atoms with Crippen molar-refractivity contribution >= 4 is 29.9 Å². The van der Waals surface area contributed by atoms with Gasteiger partial charge < -0.3 is 14.8 Å². The maximum Gasteiger partial charge on any atom is 0.445 e. The smallest absolute Gasteiger partial charge is 0.376 e. The minimum absolute atomic E-state index is 0.0325. The zero-order chi connectivity index (χ0) is 19.6. The summed E-state index contributed by atoms with van der Waals surface area (Å²) in [5.41, 5.74) is 0.405. The molecule has 0 saturated carbocycles. The van der Waals surface area contributed by atoms with Crippen molar-refractivity contribution in [2.75, 3.05) is 27.3 Å². The highest BCUT2D eigenvalue weighted by Crippen LogP contribution is 2.19. The number of ether oxygens (including phenoxy) is 2. The van der Waals surface area contributed by atoms with Gasteiger partial charge in [0.2, 0.25) is 0 Å². The van der Waals surface area contributed by atoms with E-state index in [-0.39, 0.29) is 17.9 Å². The molecule has 146 valence electrons. The number of fused-ring (bicyclic) bond motifs is 1. The Morgan fingerprint density at radius 3 is 2.96 bits per heavy atom. The van der Waals surface area contributed by atoms with Crippen molar-refractivity contribution in [2.45, 2.75) is 38.4 Å². The number of allylic oxidation sites excluding steroid dienone is 1. The molecule has 0 aromatic heterocycles. The van der Waals surface area contributed by atoms with Crippen molar-refractivity contribution in [3.05, 3.63) is 11.8 Å². The molecule has 0 spiro atoms. The Balaban J connectivity index is 1.60. The van der Waals surface area contributed by atoms with Crippen LogP contribution in [0.3, 0.4) is 0 Å². The summed E-state index contributed by atoms with van der Waals surface area (Å²) in [4.78, 5) is 41.9. The number of carbonyl (C=O) groups is 3. The van der Waals surface area contributed by atoms with Gasteiger partial charge in [-0.2, -0.15) is 9.48 Å². The van der Waals surface area contributed by atoms with Crippen molar-refractivity contribution in [2.24, 2.45) is 10.9 Å². The number of rotatable bonds is 5. The second-order valence-corrected chi connectivity index (χ2v) is 6.91. The SMILES string of the molecule is CC(OCC1CCCCO1)C(=O)NC1=CC2C(=O)N(C)C(=O)[N+](C)=C2N=C1. The summed E-state index contributed by atoms with van der Waals surface area (Å²) in [6, 6.07) is -0.434. The Bertz CT molecular complexity index is 736. The number of amidine groups is 1. The first-order chi connectivity index (χ1) is 12.9. The van der Waals surface area contributed by atoms with E-state index in [0.717, 1.165) is 30.8 Å². The normalized spacial score (nSPS) is 26.6. The molecule has 0 aliphatic carbocycles. The van der Waals surface area contributed by atoms with Crippen molar-refractivity contribution < 1.29 is 28.4 Å². The van der Waals surface area contributed by atoms with Gasteiger partial charge in [-0.15, -0.1) is 4.99 Å². The summed E-state index contributed by atoms with van der Waals surface area (Å²) in [6.07, 6.45) is 5.51. The van der Waals surface area contributed by atoms with E-state index in [1.165, 1.54) is 17.8 Å². The fourth-order valence-electron chi connectivity index (χ4n) is 3.20. The summed E-state index contributed by atoms with van der Waals surface area (Å²) < 4.78 is 12.5. The zero-order valence-corrected chi connectivity index (χ0v) is 15.8. The third kappa shape index (κ3) is 4.14. The van der Waals surface area contributed by atoms with Gasteiger partial charge in [0.15, 0.2) is 5.92 Å². The Hall–Kier alpha value is -2.39. The van der Waals surface area contributed by atoms with Crippen LogP contribution in [0, 0.1) is 5.92 Å². The number of hydrogen-bond acceptors (Lipinski definition) is 6. The van der Waals surface area contributed by atoms with Crippen LogP contribution in [-0.2, 0) is 19.1 Å². The van der Waals surface area contributed by atoms with Gasteiger partial charge in [-0.3, -0.25) is 9.59 Å². The van der Waals surface area contributed by atoms with Gasteiger partial charge in [0.1, 0.15) is 12.3 Å². The average Bonchev–Trinajstić information content (AvgIpc) is 2.69. The Labute approximate surface area is 157 Å². The van der Waals surface area contributed by atoms with Crippen LogP contribution >= 0.6 is 0 Å². The summed E-state index contributed by atoms with van der Waals surface area (Å²) in [7, 11) is 2.98. The van der Waals surface area contributed by atoms with E-state index in [1.54, 1.807) is 20.0 Å². The fourth-order valence-corrected chi connectivity index (χ4v) is 3.20. The number of carbonyl (C=O) groups excluding carboxylic acids is 3. The first-order valence-corrected chi connectivity index (χ1v) is 9.10. The third-order valence-electron chi connectivity index (χ3n) is 4.92. The summed E-state index contributed by atoms with van der Waals surface area (Å²) >= 11 is 0. The summed E-state index contributed by atoms with van der Waals surface area (Å²) in [5, 5.41) is 2.72. The lowest BCUT2D eigenvalue weighted by Crippen LogP contribution is -2.52. The van der Waals surface area contributed by atoms with Crippen molar-refractivity contribution in [1.82, 2.24) is 10.2 Å². The summed E-state index contributed by atoms with van der Waals surface area (Å²) in [5.74, 6) is -1.06. The van der Waals surface area contributed by atoms with E-state index in [4.69, 9.17) is 9.47 Å². The van der Waals surface area contributed by atoms with E-state index >= 15 is 0 Å². The van der Waals surface area contributed by atoms with Gasteiger partial charge in [0.25, 0.3) is 11.7 Å². The topological polar surface area (TPSA) is 100 Å². The zero-order valence-electron chi connectivity index (χ0n) is 15.8. The third-order valence-corrected chi connectivity index (χ3v) is 4.92. The number of nitrogens with one attached hydrogen (secondary N) is 1. The van der Waals surface area contributed by atoms with Crippen LogP contribution in [0.15, 0.2) is 16.8 Å². The first-order valence-electron chi connectivity index (χ1n) is 9.10. The quantitative estimate of drug-likeness (QED) is 0.695. The molecular formula is C18H25N4O5+. The molecule has 0 aromatic carbocycles. The predicted octanol–water partition coefficient (Wildman–Crippen LogP) is 0.294. The minimum Gasteiger partial charge on any atom is -0.376 e. The van der Waals surface area contributed by atoms with E-state index in [9.17, 15) is 14.4 Å². The second kappa shape index (κ2) is 8.10. The number of amides is 4. The van der Waals surface area contributed by atoms with E-state index < -0.39 is 18.1 Å². The number of imide groups is 1. The van der Waals surface area contributed by atoms with E-state index in [0.29, 0.717) is 18.1 Å². The molecule has 0 bridgehead atoms. The van der Waals surface area contributed by atoms with E-state index in [1.807, 2.05) is 0 Å². The van der Waals surface area contributed by atoms with Gasteiger partial charge in [-0.1, -0.05) is 0 Å². The lowest BCUT2D eigenvalue weighted by atomic mass is 10.0. The van der Waals surface area contributed by atoms with Crippen LogP contribution in [0.5, 0.6) is 0 Å². The molecule has 3 unspecified atom stereocenters. The largest absolute Gasteiger partial charge is 0.445 e. The molecule has 4 amide bonds. The molecule has 1 saturated heterocycles. The Morgan fingerprint density at radius 2 is 2.26 bits per heavy atom. The van der Waals surface area contributed by atoms with Crippen LogP contribution in [-0.4, -0.2) is 78.9 Å². The number of urea groups is 1. The van der Waals surface area contributed by atoms with Crippen LogP contribution in [0.1, 0.15) is 26.2 Å². The molecule has 9 heteroatoms. The highest BCUT2D eigenvalue weighted by atomic mass is 16.5. The molecule has 9 nitrogen and oxygen atoms in total. The number of nitrogens with zero attached hydrogens (tertiary/aromatic N) is 3. The molecule has 3 rings (SSSR count). The van der Waals surface area contributed by atoms with Gasteiger partial charge in [0, 0.05) is 6.61 Å². The van der Waals surface area contributed by atoms with E-state index in [2.05, 4.69) is 10.3 Å². The van der Waals surface area contributed by atoms with Gasteiger partial charge in [-0.25, -0.2) is 4.79 Å². The minimum atomic E-state index is -0.704. The molecule has 3 atom stereocenters. The van der Waals surface area contributed by atoms with Gasteiger partial charge in [0.05, 0.1) is 32.5 Å². The van der Waals surface area contributed by atoms with Crippen molar-refractivity contribution in [1.29, 1.82) is 0 Å². The predicted molar refractivity (Wildman–Crippen MR) is 96.6 cm³/mol. The lowest BCUT2D eigenvalue weighted by Gasteiger charge is -2.25. The van der Waals surface area contributed by atoms with Gasteiger partial charge >= 0.3 is 11.9 Å². The average molecular weight is 377 g/mol. The maximum atomic E-state index is 12.4. The Kier molecular flexibility index (Phi) is 5.81. The van der Waals surface area contributed by atoms with Crippen LogP contribution in [0.25, 0.3) is 0 Å². The first kappa shape index (κ1) is 19.4. The molecule has 0 aromatic rings. The van der Waals surface area contributed by atoms with Crippen molar-refractivity contribution in [3.63, 3.8) is 0 Å². The number of hydrogen-bond donors (Lipinski definition) is 1. The number of aliphatic imine (C=N–C) groups is 1. The molecule has 3 aliphatic heterocycles. The summed E-state index contributed by atoms with van der Waals surface area (Å²) in [6.45, 7) is 2.78. The highest BCUT2D eigenvalue weighted by molar-refractivity contribution is 6.15. The fraction of sp³-hybridized carbons (Fsp3) is 0.611. The van der Waals surface area contributed by atoms with Crippen molar-refractivity contribution in [3.8, 4) is 0 Å². The molecule has 0 radical (unpaired) electrons. The standard InChI is InChI=1S/C18H24N4O5/c1-11(27-10-13-6-4-5-7-26-13)16(23)20-12-8-14-15(19-9-12)21(2)18(25)22(3)17(14)24/h8-9,11,13-14H,4-7,10H2,1-3H3/p+1. The highest BCUT2D eigenvalue weighted by Gasteiger charge is 2.44. The second-order valence-electron chi connectivity index (χ2n) is 6.91. The van der Waals surface area contributed by atoms with Gasteiger partial charge in [-0.05, 0) is 32.3 Å². The molecule has 27 heavy (non-hydrogen) atoms. The molecule has 1 fully saturated rings. The molecule has 1 N–H and O–H groups in total. The van der Waals surface area contributed by atoms with Crippen LogP contribution < -0.4 is 5.32 Å². The molecular weight excluding hydrogens is 352 g/mol. The van der Waals surface area contributed by atoms with Crippen LogP contribution in [0.4, 0.5) is 4.79 Å².